The van der Waals surface area contributed by atoms with E-state index in [1.165, 1.54) is 31.4 Å². The highest BCUT2D eigenvalue weighted by Gasteiger charge is 2.15. The summed E-state index contributed by atoms with van der Waals surface area (Å²) in [5.74, 6) is -0.590. The van der Waals surface area contributed by atoms with E-state index < -0.39 is 23.3 Å². The number of nitro benzene ring substituents is 1. The summed E-state index contributed by atoms with van der Waals surface area (Å²) in [6.07, 6.45) is 0. The van der Waals surface area contributed by atoms with Crippen LogP contribution in [-0.4, -0.2) is 43.7 Å². The smallest absolute Gasteiger partial charge is 0.276 e. The summed E-state index contributed by atoms with van der Waals surface area (Å²) >= 11 is 3.28. The van der Waals surface area contributed by atoms with Crippen LogP contribution in [0.15, 0.2) is 46.9 Å². The lowest BCUT2D eigenvalue weighted by molar-refractivity contribution is -0.384. The topological polar surface area (TPSA) is 129 Å². The van der Waals surface area contributed by atoms with Gasteiger partial charge in [-0.15, -0.1) is 0 Å². The molecule has 0 saturated heterocycles. The highest BCUT2D eigenvalue weighted by Crippen LogP contribution is 2.23. The van der Waals surface area contributed by atoms with E-state index in [-0.39, 0.29) is 23.6 Å². The number of ether oxygens (including phenoxy) is 3. The highest BCUT2D eigenvalue weighted by molar-refractivity contribution is 9.10. The number of hydrogen-bond acceptors (Lipinski definition) is 7. The number of hydrazine groups is 1. The standard InChI is InChI=1S/C18H18BrN3O7/c1-27-8-9-28-16-7-2-12(19)10-15(16)18(24)21-20-17(23)11-29-14-5-3-13(4-6-14)22(25)26/h2-7,10H,8-9,11H2,1H3,(H,20,23)(H,21,24). The van der Waals surface area contributed by atoms with Gasteiger partial charge in [0.05, 0.1) is 17.1 Å². The molecule has 0 aliphatic rings. The molecule has 0 bridgehead atoms. The Morgan fingerprint density at radius 1 is 1.07 bits per heavy atom. The molecule has 2 rings (SSSR count). The number of benzene rings is 2. The van der Waals surface area contributed by atoms with Crippen molar-refractivity contribution in [3.63, 3.8) is 0 Å². The molecule has 0 unspecified atom stereocenters. The first kappa shape index (κ1) is 22.1. The number of nitrogens with one attached hydrogen (secondary N) is 2. The molecule has 2 N–H and O–H groups in total. The lowest BCUT2D eigenvalue weighted by Gasteiger charge is -2.13. The summed E-state index contributed by atoms with van der Waals surface area (Å²) in [5, 5.41) is 10.6. The van der Waals surface area contributed by atoms with Crippen molar-refractivity contribution in [2.24, 2.45) is 0 Å². The van der Waals surface area contributed by atoms with Crippen LogP contribution in [0.25, 0.3) is 0 Å². The third kappa shape index (κ3) is 7.05. The number of nitrogens with zero attached hydrogens (tertiary/aromatic N) is 1. The zero-order valence-electron chi connectivity index (χ0n) is 15.3. The maximum absolute atomic E-state index is 12.4. The van der Waals surface area contributed by atoms with Crippen LogP contribution in [0.5, 0.6) is 11.5 Å². The molecule has 0 heterocycles. The second-order valence-electron chi connectivity index (χ2n) is 5.52. The van der Waals surface area contributed by atoms with Crippen molar-refractivity contribution in [1.29, 1.82) is 0 Å². The van der Waals surface area contributed by atoms with Gasteiger partial charge in [-0.2, -0.15) is 0 Å². The highest BCUT2D eigenvalue weighted by atomic mass is 79.9. The Kier molecular flexibility index (Phi) is 8.37. The van der Waals surface area contributed by atoms with E-state index in [0.29, 0.717) is 16.8 Å². The van der Waals surface area contributed by atoms with Crippen LogP contribution in [0.2, 0.25) is 0 Å². The zero-order valence-corrected chi connectivity index (χ0v) is 16.9. The second-order valence-corrected chi connectivity index (χ2v) is 6.44. The predicted molar refractivity (Wildman–Crippen MR) is 106 cm³/mol. The fourth-order valence-electron chi connectivity index (χ4n) is 2.08. The summed E-state index contributed by atoms with van der Waals surface area (Å²) in [5.41, 5.74) is 4.63. The number of nitro groups is 1. The lowest BCUT2D eigenvalue weighted by atomic mass is 10.2. The molecule has 0 aliphatic heterocycles. The molecule has 0 aromatic heterocycles. The van der Waals surface area contributed by atoms with Gasteiger partial charge < -0.3 is 14.2 Å². The van der Waals surface area contributed by atoms with Crippen molar-refractivity contribution >= 4 is 33.4 Å². The van der Waals surface area contributed by atoms with Gasteiger partial charge in [0.25, 0.3) is 17.5 Å². The SMILES string of the molecule is COCCOc1ccc(Br)cc1C(=O)NNC(=O)COc1ccc([N+](=O)[O-])cc1. The van der Waals surface area contributed by atoms with Gasteiger partial charge in [-0.25, -0.2) is 0 Å². The number of carbonyl (C=O) groups excluding carboxylic acids is 2. The summed E-state index contributed by atoms with van der Waals surface area (Å²) in [4.78, 5) is 34.3. The lowest BCUT2D eigenvalue weighted by Crippen LogP contribution is -2.44. The summed E-state index contributed by atoms with van der Waals surface area (Å²) in [7, 11) is 1.53. The largest absolute Gasteiger partial charge is 0.490 e. The van der Waals surface area contributed by atoms with Crippen LogP contribution in [-0.2, 0) is 9.53 Å². The molecule has 0 atom stereocenters. The fraction of sp³-hybridized carbons (Fsp3) is 0.222. The number of rotatable bonds is 9. The fourth-order valence-corrected chi connectivity index (χ4v) is 2.44. The Labute approximate surface area is 174 Å². The molecule has 10 nitrogen and oxygen atoms in total. The van der Waals surface area contributed by atoms with Crippen molar-refractivity contribution in [2.45, 2.75) is 0 Å². The van der Waals surface area contributed by atoms with Gasteiger partial charge in [0.15, 0.2) is 6.61 Å². The van der Waals surface area contributed by atoms with Gasteiger partial charge in [-0.3, -0.25) is 30.6 Å². The minimum atomic E-state index is -0.617. The van der Waals surface area contributed by atoms with Crippen molar-refractivity contribution in [1.82, 2.24) is 10.9 Å². The van der Waals surface area contributed by atoms with Crippen LogP contribution >= 0.6 is 15.9 Å². The van der Waals surface area contributed by atoms with E-state index in [1.807, 2.05) is 0 Å². The minimum Gasteiger partial charge on any atom is -0.490 e. The van der Waals surface area contributed by atoms with Gasteiger partial charge in [0.2, 0.25) is 0 Å². The van der Waals surface area contributed by atoms with Crippen LogP contribution < -0.4 is 20.3 Å². The minimum absolute atomic E-state index is 0.0911. The quantitative estimate of drug-likeness (QED) is 0.328. The zero-order chi connectivity index (χ0) is 21.2. The van der Waals surface area contributed by atoms with Crippen molar-refractivity contribution < 1.29 is 28.7 Å². The first-order valence-electron chi connectivity index (χ1n) is 8.28. The molecule has 2 aromatic rings. The van der Waals surface area contributed by atoms with Gasteiger partial charge >= 0.3 is 0 Å². The van der Waals surface area contributed by atoms with Gasteiger partial charge in [0.1, 0.15) is 18.1 Å². The monoisotopic (exact) mass is 467 g/mol. The average Bonchev–Trinajstić information content (AvgIpc) is 2.71. The molecule has 2 amide bonds. The number of methoxy groups -OCH3 is 1. The summed E-state index contributed by atoms with van der Waals surface area (Å²) in [6.45, 7) is 0.218. The van der Waals surface area contributed by atoms with Gasteiger partial charge in [0, 0.05) is 23.7 Å². The van der Waals surface area contributed by atoms with E-state index in [2.05, 4.69) is 26.8 Å². The third-order valence-electron chi connectivity index (χ3n) is 3.46. The number of hydrogen-bond donors (Lipinski definition) is 2. The molecular formula is C18H18BrN3O7. The second kappa shape index (κ2) is 11.0. The maximum Gasteiger partial charge on any atom is 0.276 e. The Morgan fingerprint density at radius 3 is 2.45 bits per heavy atom. The molecule has 2 aromatic carbocycles. The summed E-state index contributed by atoms with van der Waals surface area (Å²) in [6, 6.07) is 10.1. The summed E-state index contributed by atoms with van der Waals surface area (Å²) < 4.78 is 16.3. The molecule has 0 saturated carbocycles. The van der Waals surface area contributed by atoms with Crippen molar-refractivity contribution in [2.75, 3.05) is 26.9 Å². The molecule has 0 spiro atoms. The van der Waals surface area contributed by atoms with Crippen LogP contribution in [0.3, 0.4) is 0 Å². The van der Waals surface area contributed by atoms with E-state index in [0.717, 1.165) is 0 Å². The Morgan fingerprint density at radius 2 is 1.79 bits per heavy atom. The molecule has 0 radical (unpaired) electrons. The van der Waals surface area contributed by atoms with Crippen LogP contribution in [0, 0.1) is 10.1 Å². The number of amides is 2. The Hall–Kier alpha value is -3.18. The number of non-ortho nitro benzene ring substituents is 1. The molecule has 0 aliphatic carbocycles. The molecule has 29 heavy (non-hydrogen) atoms. The van der Waals surface area contributed by atoms with Gasteiger partial charge in [-0.05, 0) is 30.3 Å². The first-order valence-corrected chi connectivity index (χ1v) is 9.07. The van der Waals surface area contributed by atoms with E-state index in [4.69, 9.17) is 14.2 Å². The average molecular weight is 468 g/mol. The maximum atomic E-state index is 12.4. The first-order chi connectivity index (χ1) is 13.9. The van der Waals surface area contributed by atoms with Crippen molar-refractivity contribution in [3.05, 3.63) is 62.6 Å². The van der Waals surface area contributed by atoms with Crippen LogP contribution in [0.1, 0.15) is 10.4 Å². The van der Waals surface area contributed by atoms with Crippen LogP contribution in [0.4, 0.5) is 5.69 Å². The molecule has 11 heteroatoms. The van der Waals surface area contributed by atoms with E-state index in [1.54, 1.807) is 18.2 Å². The van der Waals surface area contributed by atoms with Crippen molar-refractivity contribution in [3.8, 4) is 11.5 Å². The molecule has 154 valence electrons. The number of carbonyl (C=O) groups is 2. The number of halogens is 1. The van der Waals surface area contributed by atoms with E-state index in [9.17, 15) is 19.7 Å². The van der Waals surface area contributed by atoms with E-state index >= 15 is 0 Å². The predicted octanol–water partition coefficient (Wildman–Crippen LogP) is 2.22. The Bertz CT molecular complexity index is 874. The normalized spacial score (nSPS) is 10.1. The third-order valence-corrected chi connectivity index (χ3v) is 3.96. The molecular weight excluding hydrogens is 450 g/mol. The van der Waals surface area contributed by atoms with Gasteiger partial charge in [-0.1, -0.05) is 15.9 Å². The Balaban J connectivity index is 1.87. The molecule has 0 fully saturated rings.